The molecule has 10 unspecified atom stereocenters. The van der Waals surface area contributed by atoms with Crippen molar-refractivity contribution in [2.75, 3.05) is 13.2 Å². The molecule has 2 aliphatic heterocycles. The molecule has 304 valence electrons. The minimum absolute atomic E-state index is 1.74. The van der Waals surface area contributed by atoms with Gasteiger partial charge in [-0.15, -0.1) is 0 Å². The predicted molar refractivity (Wildman–Crippen MR) is 142 cm³/mol. The molecule has 39 heteroatoms. The predicted octanol–water partition coefficient (Wildman–Crippen LogP) is -6.61. The van der Waals surface area contributed by atoms with Gasteiger partial charge < -0.3 is 19.3 Å². The molecule has 0 aromatic rings. The van der Waals surface area contributed by atoms with Crippen molar-refractivity contribution in [3.8, 4) is 0 Å². The van der Waals surface area contributed by atoms with Gasteiger partial charge >= 0.3 is 72.8 Å². The highest BCUT2D eigenvalue weighted by Gasteiger charge is 2.58. The highest BCUT2D eigenvalue weighted by molar-refractivity contribution is 7.82. The van der Waals surface area contributed by atoms with E-state index in [4.69, 9.17) is 27.9 Å². The van der Waals surface area contributed by atoms with Crippen LogP contribution >= 0.6 is 0 Å². The standard InChI is InChI=1S/C12H22O32S7/c13-11-9(43-50(29,30)31)7(41-48(23,24)25)5(3(37-11)1-35-45(14,15)16)39-12-10(44-51(32,33)34)8(42-49(26,27)28)6(40-47(20,21)22)4(38-12)2-36-46(17,18)19/h3-13H,1-2H2,(H,14,15,16)(H,17,18,19)(H,20,21,22)(H,23,24,25)(H,26,27,28)(H,29,30,31)(H,32,33,34). The van der Waals surface area contributed by atoms with Crippen molar-refractivity contribution < 1.29 is 139 Å². The van der Waals surface area contributed by atoms with E-state index in [0.29, 0.717) is 0 Å². The van der Waals surface area contributed by atoms with Crippen LogP contribution in [0, 0.1) is 0 Å². The molecule has 2 rings (SSSR count). The Hall–Kier alpha value is -1.07. The molecule has 0 saturated carbocycles. The van der Waals surface area contributed by atoms with Gasteiger partial charge in [-0.2, -0.15) is 58.9 Å². The Balaban J connectivity index is 2.92. The van der Waals surface area contributed by atoms with E-state index in [1.165, 1.54) is 0 Å². The monoisotopic (exact) mass is 902 g/mol. The highest BCUT2D eigenvalue weighted by Crippen LogP contribution is 2.36. The van der Waals surface area contributed by atoms with Crippen LogP contribution in [0.4, 0.5) is 0 Å². The fourth-order valence-corrected chi connectivity index (χ4v) is 7.11. The van der Waals surface area contributed by atoms with Crippen molar-refractivity contribution in [2.24, 2.45) is 0 Å². The zero-order valence-electron chi connectivity index (χ0n) is 23.4. The topological polar surface area (TPSA) is 493 Å². The maximum Gasteiger partial charge on any atom is 0.397 e. The van der Waals surface area contributed by atoms with Gasteiger partial charge in [0.1, 0.15) is 36.6 Å². The summed E-state index contributed by atoms with van der Waals surface area (Å²) in [5.41, 5.74) is 0. The summed E-state index contributed by atoms with van der Waals surface area (Å²) in [6.07, 6.45) is -30.2. The van der Waals surface area contributed by atoms with E-state index in [1.807, 2.05) is 0 Å². The zero-order valence-corrected chi connectivity index (χ0v) is 29.1. The molecule has 0 aromatic heterocycles. The lowest BCUT2D eigenvalue weighted by Gasteiger charge is -2.47. The summed E-state index contributed by atoms with van der Waals surface area (Å²) in [5, 5.41) is 10.2. The van der Waals surface area contributed by atoms with E-state index in [9.17, 15) is 82.2 Å². The van der Waals surface area contributed by atoms with E-state index < -0.39 is 147 Å². The van der Waals surface area contributed by atoms with Crippen molar-refractivity contribution in [3.05, 3.63) is 0 Å². The van der Waals surface area contributed by atoms with Gasteiger partial charge in [-0.3, -0.25) is 31.9 Å². The zero-order chi connectivity index (χ0) is 39.8. The first-order chi connectivity index (χ1) is 22.5. The minimum Gasteiger partial charge on any atom is -0.366 e. The molecule has 51 heavy (non-hydrogen) atoms. The van der Waals surface area contributed by atoms with Crippen LogP contribution in [0.1, 0.15) is 0 Å². The largest absolute Gasteiger partial charge is 0.397 e. The van der Waals surface area contributed by atoms with E-state index in [1.54, 1.807) is 0 Å². The molecule has 0 radical (unpaired) electrons. The summed E-state index contributed by atoms with van der Waals surface area (Å²) in [5.74, 6) is 0. The average molecular weight is 903 g/mol. The van der Waals surface area contributed by atoms with Gasteiger partial charge in [-0.05, 0) is 0 Å². The summed E-state index contributed by atoms with van der Waals surface area (Å²) in [6.45, 7) is -3.59. The number of aliphatic hydroxyl groups excluding tert-OH is 1. The highest BCUT2D eigenvalue weighted by atomic mass is 32.3. The van der Waals surface area contributed by atoms with Crippen LogP contribution in [0.5, 0.6) is 0 Å². The lowest BCUT2D eigenvalue weighted by atomic mass is 9.97. The van der Waals surface area contributed by atoms with Crippen LogP contribution in [0.3, 0.4) is 0 Å². The molecule has 0 bridgehead atoms. The van der Waals surface area contributed by atoms with Crippen LogP contribution in [0.2, 0.25) is 0 Å². The lowest BCUT2D eigenvalue weighted by Crippen LogP contribution is -2.67. The van der Waals surface area contributed by atoms with Gasteiger partial charge in [-0.1, -0.05) is 0 Å². The molecule has 0 amide bonds. The summed E-state index contributed by atoms with van der Waals surface area (Å²) < 4.78 is 269. The second-order valence-electron chi connectivity index (χ2n) is 9.08. The van der Waals surface area contributed by atoms with Gasteiger partial charge in [0.15, 0.2) is 24.8 Å². The van der Waals surface area contributed by atoms with Crippen molar-refractivity contribution in [1.29, 1.82) is 0 Å². The van der Waals surface area contributed by atoms with Crippen molar-refractivity contribution in [2.45, 2.75) is 61.4 Å². The first kappa shape index (κ1) is 46.1. The summed E-state index contributed by atoms with van der Waals surface area (Å²) in [4.78, 5) is 0. The Morgan fingerprint density at radius 1 is 0.392 bits per heavy atom. The van der Waals surface area contributed by atoms with Gasteiger partial charge in [0.25, 0.3) is 0 Å². The number of ether oxygens (including phenoxy) is 3. The number of rotatable bonds is 18. The SMILES string of the molecule is O=S(=O)(O)OCC1OC(O)C(OS(=O)(=O)O)C(OS(=O)(=O)O)C1OC1OC(COS(=O)(=O)O)C(OS(=O)(=O)O)C(OS(=O)(=O)O)C1OS(=O)(=O)O. The molecule has 0 aromatic carbocycles. The molecule has 2 heterocycles. The van der Waals surface area contributed by atoms with Crippen molar-refractivity contribution in [1.82, 2.24) is 0 Å². The fraction of sp³-hybridized carbons (Fsp3) is 1.00. The molecule has 2 aliphatic rings. The Morgan fingerprint density at radius 2 is 0.706 bits per heavy atom. The molecular formula is C12H22O32S7. The van der Waals surface area contributed by atoms with E-state index >= 15 is 0 Å². The quantitative estimate of drug-likeness (QED) is 0.0593. The number of hydrogen-bond acceptors (Lipinski definition) is 25. The maximum atomic E-state index is 11.7. The molecule has 10 atom stereocenters. The lowest BCUT2D eigenvalue weighted by molar-refractivity contribution is -0.343. The van der Waals surface area contributed by atoms with Gasteiger partial charge in [0.2, 0.25) is 0 Å². The maximum absolute atomic E-state index is 11.7. The number of hydrogen-bond donors (Lipinski definition) is 8. The molecule has 2 saturated heterocycles. The summed E-state index contributed by atoms with van der Waals surface area (Å²) >= 11 is 0. The molecule has 8 N–H and O–H groups in total. The van der Waals surface area contributed by atoms with Crippen LogP contribution < -0.4 is 0 Å². The Morgan fingerprint density at radius 3 is 1.08 bits per heavy atom. The Bertz CT molecular complexity index is 2000. The van der Waals surface area contributed by atoms with E-state index in [0.717, 1.165) is 0 Å². The van der Waals surface area contributed by atoms with Crippen molar-refractivity contribution in [3.63, 3.8) is 0 Å². The third-order valence-corrected chi connectivity index (χ3v) is 8.61. The normalized spacial score (nSPS) is 32.1. The second-order valence-corrected chi connectivity index (χ2v) is 16.5. The van der Waals surface area contributed by atoms with Crippen LogP contribution in [-0.4, -0.2) is 171 Å². The first-order valence-corrected chi connectivity index (χ1v) is 21.2. The Labute approximate surface area is 286 Å². The minimum atomic E-state index is -6.10. The third kappa shape index (κ3) is 16.9. The summed E-state index contributed by atoms with van der Waals surface area (Å²) in [6, 6.07) is 0. The first-order valence-electron chi connectivity index (χ1n) is 11.7. The smallest absolute Gasteiger partial charge is 0.366 e. The van der Waals surface area contributed by atoms with Gasteiger partial charge in [0, 0.05) is 0 Å². The fourth-order valence-electron chi connectivity index (χ4n) is 4.02. The molecule has 0 spiro atoms. The molecule has 2 fully saturated rings. The van der Waals surface area contributed by atoms with Crippen LogP contribution in [-0.2, 0) is 116 Å². The van der Waals surface area contributed by atoms with E-state index in [2.05, 4.69) is 29.3 Å². The molecule has 32 nitrogen and oxygen atoms in total. The third-order valence-electron chi connectivity index (χ3n) is 5.42. The van der Waals surface area contributed by atoms with Crippen molar-refractivity contribution >= 4 is 72.8 Å². The Kier molecular flexibility index (Phi) is 14.8. The van der Waals surface area contributed by atoms with Crippen LogP contribution in [0.15, 0.2) is 0 Å². The number of aliphatic hydroxyl groups is 1. The second kappa shape index (κ2) is 16.3. The molecular weight excluding hydrogens is 881 g/mol. The summed E-state index contributed by atoms with van der Waals surface area (Å²) in [7, 11) is -41.2. The van der Waals surface area contributed by atoms with Gasteiger partial charge in [-0.25, -0.2) is 29.3 Å². The van der Waals surface area contributed by atoms with Gasteiger partial charge in [0.05, 0.1) is 13.2 Å². The van der Waals surface area contributed by atoms with Crippen LogP contribution in [0.25, 0.3) is 0 Å². The average Bonchev–Trinajstić information content (AvgIpc) is 2.84. The molecule has 0 aliphatic carbocycles. The van der Waals surface area contributed by atoms with E-state index in [-0.39, 0.29) is 0 Å².